The van der Waals surface area contributed by atoms with Gasteiger partial charge in [0.25, 0.3) is 0 Å². The van der Waals surface area contributed by atoms with Crippen LogP contribution in [0.25, 0.3) is 11.1 Å². The number of aromatic nitrogens is 2. The summed E-state index contributed by atoms with van der Waals surface area (Å²) in [7, 11) is 0. The van der Waals surface area contributed by atoms with Gasteiger partial charge in [0.1, 0.15) is 10.4 Å². The van der Waals surface area contributed by atoms with Crippen molar-refractivity contribution in [2.24, 2.45) is 0 Å². The minimum Gasteiger partial charge on any atom is -0.481 e. The van der Waals surface area contributed by atoms with Crippen molar-refractivity contribution in [1.82, 2.24) is 9.55 Å². The maximum Gasteiger partial charge on any atom is 0.313 e. The normalized spacial score (nSPS) is 13.7. The summed E-state index contributed by atoms with van der Waals surface area (Å²) in [5.74, 6) is 0.0342. The monoisotopic (exact) mass is 386 g/mol. The molecule has 1 aliphatic carbocycles. The second-order valence-electron chi connectivity index (χ2n) is 6.34. The van der Waals surface area contributed by atoms with E-state index in [0.717, 1.165) is 42.4 Å². The SMILES string of the molecule is O=C(O)CSc1nc2oc3c(c2c(=S)n1Cc1ccccc1)CCCC3. The fourth-order valence-corrected chi connectivity index (χ4v) is 4.49. The van der Waals surface area contributed by atoms with Crippen molar-refractivity contribution in [2.75, 3.05) is 5.75 Å². The highest BCUT2D eigenvalue weighted by Crippen LogP contribution is 2.33. The van der Waals surface area contributed by atoms with Crippen LogP contribution in [0.1, 0.15) is 29.7 Å². The zero-order chi connectivity index (χ0) is 18.1. The molecule has 0 bridgehead atoms. The van der Waals surface area contributed by atoms with Gasteiger partial charge in [0, 0.05) is 12.0 Å². The molecule has 0 atom stereocenters. The molecule has 4 rings (SSSR count). The number of aliphatic carboxylic acids is 1. The predicted octanol–water partition coefficient (Wildman–Crippen LogP) is 4.46. The second kappa shape index (κ2) is 7.25. The Balaban J connectivity index is 1.87. The summed E-state index contributed by atoms with van der Waals surface area (Å²) in [6, 6.07) is 9.99. The van der Waals surface area contributed by atoms with Gasteiger partial charge in [-0.05, 0) is 24.8 Å². The molecular formula is C19H18N2O3S2. The molecule has 7 heteroatoms. The Morgan fingerprint density at radius 3 is 2.81 bits per heavy atom. The first kappa shape index (κ1) is 17.3. The maximum atomic E-state index is 11.0. The molecule has 0 fully saturated rings. The third-order valence-corrected chi connectivity index (χ3v) is 5.93. The van der Waals surface area contributed by atoms with Crippen molar-refractivity contribution in [1.29, 1.82) is 0 Å². The number of carbonyl (C=O) groups is 1. The zero-order valence-electron chi connectivity index (χ0n) is 14.1. The first-order valence-corrected chi connectivity index (χ1v) is 9.96. The summed E-state index contributed by atoms with van der Waals surface area (Å²) in [4.78, 5) is 15.7. The number of rotatable bonds is 5. The molecule has 2 heterocycles. The van der Waals surface area contributed by atoms with Gasteiger partial charge in [-0.15, -0.1) is 0 Å². The number of hydrogen-bond acceptors (Lipinski definition) is 5. The van der Waals surface area contributed by atoms with Crippen molar-refractivity contribution in [3.05, 3.63) is 51.9 Å². The molecule has 26 heavy (non-hydrogen) atoms. The molecular weight excluding hydrogens is 368 g/mol. The van der Waals surface area contributed by atoms with Gasteiger partial charge >= 0.3 is 5.97 Å². The standard InChI is InChI=1S/C19H18N2O3S2/c22-15(23)11-26-19-20-17-16(13-8-4-5-9-14(13)24-17)18(25)21(19)10-12-6-2-1-3-7-12/h1-3,6-7H,4-5,8-11H2,(H,22,23). The lowest BCUT2D eigenvalue weighted by Gasteiger charge is -2.13. The third-order valence-electron chi connectivity index (χ3n) is 4.55. The lowest BCUT2D eigenvalue weighted by molar-refractivity contribution is -0.133. The van der Waals surface area contributed by atoms with E-state index in [2.05, 4.69) is 4.98 Å². The Morgan fingerprint density at radius 1 is 1.27 bits per heavy atom. The molecule has 0 spiro atoms. The number of hydrogen-bond donors (Lipinski definition) is 1. The van der Waals surface area contributed by atoms with Gasteiger partial charge in [-0.3, -0.25) is 4.79 Å². The molecule has 1 N–H and O–H groups in total. The van der Waals surface area contributed by atoms with Crippen LogP contribution in [0, 0.1) is 4.64 Å². The van der Waals surface area contributed by atoms with E-state index in [-0.39, 0.29) is 5.75 Å². The van der Waals surface area contributed by atoms with Gasteiger partial charge in [0.05, 0.1) is 17.7 Å². The molecule has 2 aromatic heterocycles. The Morgan fingerprint density at radius 2 is 2.04 bits per heavy atom. The average Bonchev–Trinajstić information content (AvgIpc) is 3.02. The van der Waals surface area contributed by atoms with Crippen LogP contribution in [0.15, 0.2) is 39.9 Å². The van der Waals surface area contributed by atoms with Gasteiger partial charge in [-0.2, -0.15) is 4.98 Å². The Kier molecular flexibility index (Phi) is 4.82. The first-order valence-electron chi connectivity index (χ1n) is 8.57. The zero-order valence-corrected chi connectivity index (χ0v) is 15.7. The molecule has 1 aromatic carbocycles. The first-order chi connectivity index (χ1) is 12.6. The van der Waals surface area contributed by atoms with Crippen LogP contribution in [-0.4, -0.2) is 26.4 Å². The highest BCUT2D eigenvalue weighted by Gasteiger charge is 2.22. The Hall–Kier alpha value is -2.12. The molecule has 5 nitrogen and oxygen atoms in total. The fraction of sp³-hybridized carbons (Fsp3) is 0.316. The summed E-state index contributed by atoms with van der Waals surface area (Å²) in [5.41, 5.74) is 2.82. The molecule has 1 aliphatic rings. The van der Waals surface area contributed by atoms with Crippen molar-refractivity contribution >= 4 is 41.0 Å². The Labute approximate surface area is 160 Å². The lowest BCUT2D eigenvalue weighted by Crippen LogP contribution is -2.10. The number of furan rings is 1. The molecule has 0 saturated carbocycles. The van der Waals surface area contributed by atoms with E-state index < -0.39 is 5.97 Å². The highest BCUT2D eigenvalue weighted by atomic mass is 32.2. The molecule has 3 aromatic rings. The maximum absolute atomic E-state index is 11.0. The van der Waals surface area contributed by atoms with E-state index in [1.54, 1.807) is 0 Å². The average molecular weight is 386 g/mol. The van der Waals surface area contributed by atoms with Gasteiger partial charge in [-0.25, -0.2) is 0 Å². The minimum atomic E-state index is -0.882. The fourth-order valence-electron chi connectivity index (χ4n) is 3.36. The van der Waals surface area contributed by atoms with Crippen molar-refractivity contribution < 1.29 is 14.3 Å². The third kappa shape index (κ3) is 3.29. The van der Waals surface area contributed by atoms with E-state index in [4.69, 9.17) is 21.7 Å². The summed E-state index contributed by atoms with van der Waals surface area (Å²) in [5, 5.41) is 10.6. The van der Waals surface area contributed by atoms with Crippen molar-refractivity contribution in [2.45, 2.75) is 37.4 Å². The molecule has 0 radical (unpaired) electrons. The van der Waals surface area contributed by atoms with Crippen molar-refractivity contribution in [3.8, 4) is 0 Å². The topological polar surface area (TPSA) is 68.3 Å². The molecule has 0 unspecified atom stereocenters. The summed E-state index contributed by atoms with van der Waals surface area (Å²) < 4.78 is 8.59. The summed E-state index contributed by atoms with van der Waals surface area (Å²) >= 11 is 6.98. The van der Waals surface area contributed by atoms with E-state index >= 15 is 0 Å². The number of carboxylic acids is 1. The van der Waals surface area contributed by atoms with Crippen LogP contribution in [0.5, 0.6) is 0 Å². The van der Waals surface area contributed by atoms with Gasteiger partial charge in [-0.1, -0.05) is 54.3 Å². The van der Waals surface area contributed by atoms with Crippen LogP contribution in [0.3, 0.4) is 0 Å². The number of thioether (sulfide) groups is 1. The molecule has 0 saturated heterocycles. The van der Waals surface area contributed by atoms with Crippen LogP contribution in [0.4, 0.5) is 0 Å². The minimum absolute atomic E-state index is 0.0670. The van der Waals surface area contributed by atoms with E-state index in [9.17, 15) is 4.79 Å². The smallest absolute Gasteiger partial charge is 0.313 e. The lowest BCUT2D eigenvalue weighted by atomic mass is 9.97. The van der Waals surface area contributed by atoms with Crippen LogP contribution in [0.2, 0.25) is 0 Å². The van der Waals surface area contributed by atoms with Crippen LogP contribution < -0.4 is 0 Å². The quantitative estimate of drug-likeness (QED) is 0.397. The summed E-state index contributed by atoms with van der Waals surface area (Å²) in [6.45, 7) is 0.560. The largest absolute Gasteiger partial charge is 0.481 e. The van der Waals surface area contributed by atoms with E-state index in [1.165, 1.54) is 17.3 Å². The number of carboxylic acid groups (broad SMARTS) is 1. The van der Waals surface area contributed by atoms with Crippen molar-refractivity contribution in [3.63, 3.8) is 0 Å². The van der Waals surface area contributed by atoms with E-state index in [0.29, 0.717) is 22.1 Å². The number of aryl methyl sites for hydroxylation is 2. The molecule has 0 aliphatic heterocycles. The van der Waals surface area contributed by atoms with E-state index in [1.807, 2.05) is 34.9 Å². The Bertz CT molecular complexity index is 1020. The molecule has 134 valence electrons. The highest BCUT2D eigenvalue weighted by molar-refractivity contribution is 7.99. The van der Waals surface area contributed by atoms with Crippen LogP contribution >= 0.6 is 24.0 Å². The van der Waals surface area contributed by atoms with Gasteiger partial charge < -0.3 is 14.1 Å². The molecule has 0 amide bonds. The van der Waals surface area contributed by atoms with Gasteiger partial charge in [0.2, 0.25) is 5.71 Å². The number of benzene rings is 1. The summed E-state index contributed by atoms with van der Waals surface area (Å²) in [6.07, 6.45) is 4.12. The van der Waals surface area contributed by atoms with Crippen LogP contribution in [-0.2, 0) is 24.2 Å². The second-order valence-corrected chi connectivity index (χ2v) is 7.67. The predicted molar refractivity (Wildman–Crippen MR) is 103 cm³/mol. The number of fused-ring (bicyclic) bond motifs is 3. The van der Waals surface area contributed by atoms with Gasteiger partial charge in [0.15, 0.2) is 5.16 Å². The number of nitrogens with zero attached hydrogens (tertiary/aromatic N) is 2.